The minimum atomic E-state index is -0.0747. The Kier molecular flexibility index (Phi) is 3.47. The van der Waals surface area contributed by atoms with Crippen LogP contribution in [0, 0.1) is 0 Å². The number of aromatic nitrogens is 2. The van der Waals surface area contributed by atoms with E-state index in [1.165, 1.54) is 0 Å². The summed E-state index contributed by atoms with van der Waals surface area (Å²) in [6, 6.07) is 3.92. The molecule has 1 aromatic heterocycles. The molecule has 0 spiro atoms. The van der Waals surface area contributed by atoms with Crippen molar-refractivity contribution in [2.45, 2.75) is 25.9 Å². The third kappa shape index (κ3) is 2.43. The van der Waals surface area contributed by atoms with Crippen molar-refractivity contribution in [3.8, 4) is 0 Å². The number of piperazine rings is 1. The van der Waals surface area contributed by atoms with Gasteiger partial charge in [0.25, 0.3) is 5.91 Å². The van der Waals surface area contributed by atoms with Gasteiger partial charge in [0.05, 0.1) is 0 Å². The van der Waals surface area contributed by atoms with Crippen molar-refractivity contribution in [1.82, 2.24) is 20.0 Å². The van der Waals surface area contributed by atoms with Crippen LogP contribution in [0.1, 0.15) is 24.3 Å². The van der Waals surface area contributed by atoms with E-state index in [1.807, 2.05) is 4.90 Å². The lowest BCUT2D eigenvalue weighted by atomic mass is 10.1. The molecule has 1 aliphatic rings. The molecule has 98 valence electrons. The standard InChI is InChI=1S/C12H19N5O/c1-8-6-17(7-9(2)16(8)3)12(18)10-4-5-11(13)15-14-10/h4-5,8-9H,6-7H2,1-3H3,(H2,13,15). The molecule has 0 aromatic carbocycles. The molecule has 2 rings (SSSR count). The Labute approximate surface area is 107 Å². The largest absolute Gasteiger partial charge is 0.382 e. The molecule has 1 saturated heterocycles. The fraction of sp³-hybridized carbons (Fsp3) is 0.583. The number of carbonyl (C=O) groups excluding carboxylic acids is 1. The van der Waals surface area contributed by atoms with Gasteiger partial charge < -0.3 is 10.6 Å². The summed E-state index contributed by atoms with van der Waals surface area (Å²) in [4.78, 5) is 16.4. The van der Waals surface area contributed by atoms with Gasteiger partial charge in [0.1, 0.15) is 5.82 Å². The lowest BCUT2D eigenvalue weighted by molar-refractivity contribution is 0.0408. The topological polar surface area (TPSA) is 75.3 Å². The van der Waals surface area contributed by atoms with Gasteiger partial charge in [0.2, 0.25) is 0 Å². The van der Waals surface area contributed by atoms with Crippen molar-refractivity contribution in [1.29, 1.82) is 0 Å². The van der Waals surface area contributed by atoms with Crippen LogP contribution >= 0.6 is 0 Å². The number of likely N-dealkylation sites (N-methyl/N-ethyl adjacent to an activating group) is 1. The molecule has 1 amide bonds. The zero-order chi connectivity index (χ0) is 13.3. The first kappa shape index (κ1) is 12.8. The van der Waals surface area contributed by atoms with Crippen molar-refractivity contribution in [2.75, 3.05) is 25.9 Å². The first-order valence-electron chi connectivity index (χ1n) is 6.09. The Bertz CT molecular complexity index is 421. The number of carbonyl (C=O) groups is 1. The van der Waals surface area contributed by atoms with Crippen LogP contribution < -0.4 is 5.73 Å². The summed E-state index contributed by atoms with van der Waals surface area (Å²) in [7, 11) is 2.08. The first-order valence-corrected chi connectivity index (χ1v) is 6.09. The van der Waals surface area contributed by atoms with Gasteiger partial charge in [0.15, 0.2) is 5.69 Å². The second-order valence-electron chi connectivity index (χ2n) is 4.92. The number of nitrogens with two attached hydrogens (primary N) is 1. The number of amides is 1. The molecule has 2 atom stereocenters. The Hall–Kier alpha value is -1.69. The van der Waals surface area contributed by atoms with Crippen LogP contribution in [0.3, 0.4) is 0 Å². The van der Waals surface area contributed by atoms with Crippen LogP contribution in [-0.4, -0.2) is 58.1 Å². The number of hydrogen-bond donors (Lipinski definition) is 1. The van der Waals surface area contributed by atoms with Gasteiger partial charge in [-0.15, -0.1) is 10.2 Å². The van der Waals surface area contributed by atoms with Crippen LogP contribution in [0.15, 0.2) is 12.1 Å². The maximum Gasteiger partial charge on any atom is 0.274 e. The third-order valence-corrected chi connectivity index (χ3v) is 3.55. The molecule has 0 bridgehead atoms. The van der Waals surface area contributed by atoms with Gasteiger partial charge in [-0.1, -0.05) is 0 Å². The zero-order valence-corrected chi connectivity index (χ0v) is 11.0. The molecule has 6 nitrogen and oxygen atoms in total. The van der Waals surface area contributed by atoms with E-state index in [1.54, 1.807) is 12.1 Å². The van der Waals surface area contributed by atoms with E-state index in [2.05, 4.69) is 36.0 Å². The molecule has 0 aliphatic carbocycles. The second kappa shape index (κ2) is 4.89. The highest BCUT2D eigenvalue weighted by molar-refractivity contribution is 5.92. The molecule has 2 N–H and O–H groups in total. The molecular formula is C12H19N5O. The predicted molar refractivity (Wildman–Crippen MR) is 69.0 cm³/mol. The Morgan fingerprint density at radius 1 is 1.28 bits per heavy atom. The monoisotopic (exact) mass is 249 g/mol. The van der Waals surface area contributed by atoms with E-state index >= 15 is 0 Å². The van der Waals surface area contributed by atoms with E-state index in [0.29, 0.717) is 36.7 Å². The van der Waals surface area contributed by atoms with Crippen molar-refractivity contribution in [3.63, 3.8) is 0 Å². The number of nitrogen functional groups attached to an aromatic ring is 1. The zero-order valence-electron chi connectivity index (χ0n) is 11.0. The number of rotatable bonds is 1. The molecule has 18 heavy (non-hydrogen) atoms. The van der Waals surface area contributed by atoms with Crippen LogP contribution in [0.25, 0.3) is 0 Å². The minimum Gasteiger partial charge on any atom is -0.382 e. The molecule has 2 unspecified atom stereocenters. The third-order valence-electron chi connectivity index (χ3n) is 3.55. The summed E-state index contributed by atoms with van der Waals surface area (Å²) in [6.07, 6.45) is 0. The Morgan fingerprint density at radius 3 is 2.39 bits per heavy atom. The molecule has 6 heteroatoms. The lowest BCUT2D eigenvalue weighted by Crippen LogP contribution is -2.56. The maximum atomic E-state index is 12.3. The summed E-state index contributed by atoms with van der Waals surface area (Å²) in [6.45, 7) is 5.66. The molecule has 0 saturated carbocycles. The molecular weight excluding hydrogens is 230 g/mol. The molecule has 1 aromatic rings. The molecule has 1 fully saturated rings. The smallest absolute Gasteiger partial charge is 0.274 e. The fourth-order valence-corrected chi connectivity index (χ4v) is 2.19. The first-order chi connectivity index (χ1) is 8.49. The minimum absolute atomic E-state index is 0.0747. The van der Waals surface area contributed by atoms with Crippen LogP contribution in [0.5, 0.6) is 0 Å². The quantitative estimate of drug-likeness (QED) is 0.770. The predicted octanol–water partition coefficient (Wildman–Crippen LogP) is 0.223. The summed E-state index contributed by atoms with van der Waals surface area (Å²) in [5.41, 5.74) is 5.82. The normalized spacial score (nSPS) is 25.2. The Morgan fingerprint density at radius 2 is 1.89 bits per heavy atom. The highest BCUT2D eigenvalue weighted by Gasteiger charge is 2.30. The maximum absolute atomic E-state index is 12.3. The summed E-state index contributed by atoms with van der Waals surface area (Å²) >= 11 is 0. The average molecular weight is 249 g/mol. The van der Waals surface area contributed by atoms with E-state index in [-0.39, 0.29) is 5.91 Å². The van der Waals surface area contributed by atoms with Gasteiger partial charge in [-0.3, -0.25) is 9.69 Å². The average Bonchev–Trinajstić information content (AvgIpc) is 2.35. The summed E-state index contributed by atoms with van der Waals surface area (Å²) in [5, 5.41) is 7.56. The highest BCUT2D eigenvalue weighted by Crippen LogP contribution is 2.15. The van der Waals surface area contributed by atoms with Gasteiger partial charge >= 0.3 is 0 Å². The van der Waals surface area contributed by atoms with Crippen molar-refractivity contribution in [3.05, 3.63) is 17.8 Å². The number of nitrogens with zero attached hydrogens (tertiary/aromatic N) is 4. The van der Waals surface area contributed by atoms with Crippen LogP contribution in [0.4, 0.5) is 5.82 Å². The molecule has 0 radical (unpaired) electrons. The van der Waals surface area contributed by atoms with Crippen LogP contribution in [-0.2, 0) is 0 Å². The van der Waals surface area contributed by atoms with E-state index < -0.39 is 0 Å². The van der Waals surface area contributed by atoms with Gasteiger partial charge in [-0.05, 0) is 33.0 Å². The highest BCUT2D eigenvalue weighted by atomic mass is 16.2. The van der Waals surface area contributed by atoms with E-state index in [4.69, 9.17) is 5.73 Å². The molecule has 1 aliphatic heterocycles. The SMILES string of the molecule is CC1CN(C(=O)c2ccc(N)nn2)CC(C)N1C. The van der Waals surface area contributed by atoms with Gasteiger partial charge in [-0.2, -0.15) is 0 Å². The van der Waals surface area contributed by atoms with E-state index in [0.717, 1.165) is 0 Å². The second-order valence-corrected chi connectivity index (χ2v) is 4.92. The van der Waals surface area contributed by atoms with Gasteiger partial charge in [0, 0.05) is 25.2 Å². The van der Waals surface area contributed by atoms with E-state index in [9.17, 15) is 4.79 Å². The molecule has 2 heterocycles. The van der Waals surface area contributed by atoms with Gasteiger partial charge in [-0.25, -0.2) is 0 Å². The number of hydrogen-bond acceptors (Lipinski definition) is 5. The van der Waals surface area contributed by atoms with Crippen molar-refractivity contribution < 1.29 is 4.79 Å². The summed E-state index contributed by atoms with van der Waals surface area (Å²) < 4.78 is 0. The van der Waals surface area contributed by atoms with Crippen molar-refractivity contribution in [2.24, 2.45) is 0 Å². The lowest BCUT2D eigenvalue weighted by Gasteiger charge is -2.42. The van der Waals surface area contributed by atoms with Crippen molar-refractivity contribution >= 4 is 11.7 Å². The summed E-state index contributed by atoms with van der Waals surface area (Å²) in [5.74, 6) is 0.251. The van der Waals surface area contributed by atoms with Crippen LogP contribution in [0.2, 0.25) is 0 Å². The number of anilines is 1. The Balaban J connectivity index is 2.12. The fourth-order valence-electron chi connectivity index (χ4n) is 2.19.